The number of carbonyl (C=O) groups excluding carboxylic acids is 1. The molecule has 70 valence electrons. The van der Waals surface area contributed by atoms with Crippen LogP contribution in [0.25, 0.3) is 0 Å². The Morgan fingerprint density at radius 3 is 2.25 bits per heavy atom. The van der Waals surface area contributed by atoms with Crippen LogP contribution < -0.4 is 0 Å². The minimum atomic E-state index is -0.835. The number of rotatable bonds is 2. The molecule has 12 heavy (non-hydrogen) atoms. The van der Waals surface area contributed by atoms with E-state index < -0.39 is 6.10 Å². The van der Waals surface area contributed by atoms with Gasteiger partial charge in [0, 0.05) is 13.1 Å². The van der Waals surface area contributed by atoms with Gasteiger partial charge in [0.25, 0.3) is 5.91 Å². The maximum atomic E-state index is 11.2. The fourth-order valence-electron chi connectivity index (χ4n) is 1.38. The van der Waals surface area contributed by atoms with E-state index >= 15 is 0 Å². The molecule has 1 saturated heterocycles. The molecule has 1 fully saturated rings. The molecule has 0 aromatic heterocycles. The Labute approximate surface area is 73.4 Å². The largest absolute Gasteiger partial charge is 0.384 e. The minimum Gasteiger partial charge on any atom is -0.384 e. The van der Waals surface area contributed by atoms with Crippen LogP contribution in [0.3, 0.4) is 0 Å². The van der Waals surface area contributed by atoms with Crippen molar-refractivity contribution in [2.24, 2.45) is 11.8 Å². The van der Waals surface area contributed by atoms with Gasteiger partial charge in [-0.25, -0.2) is 0 Å². The first-order chi connectivity index (χ1) is 5.52. The molecule has 3 nitrogen and oxygen atoms in total. The molecule has 0 unspecified atom stereocenters. The first kappa shape index (κ1) is 9.52. The van der Waals surface area contributed by atoms with Crippen molar-refractivity contribution in [1.82, 2.24) is 4.90 Å². The van der Waals surface area contributed by atoms with Crippen molar-refractivity contribution in [3.63, 3.8) is 0 Å². The van der Waals surface area contributed by atoms with E-state index in [1.54, 1.807) is 4.90 Å². The molecular formula is C9H17NO2. The lowest BCUT2D eigenvalue weighted by molar-refractivity contribution is -0.146. The van der Waals surface area contributed by atoms with Crippen LogP contribution in [0.4, 0.5) is 0 Å². The van der Waals surface area contributed by atoms with Crippen LogP contribution in [0.5, 0.6) is 0 Å². The van der Waals surface area contributed by atoms with Gasteiger partial charge in [-0.1, -0.05) is 13.8 Å². The van der Waals surface area contributed by atoms with E-state index in [1.165, 1.54) is 6.92 Å². The molecule has 1 atom stereocenters. The van der Waals surface area contributed by atoms with Gasteiger partial charge in [-0.15, -0.1) is 0 Å². The summed E-state index contributed by atoms with van der Waals surface area (Å²) >= 11 is 0. The summed E-state index contributed by atoms with van der Waals surface area (Å²) in [6.07, 6.45) is -0.835. The van der Waals surface area contributed by atoms with Crippen molar-refractivity contribution in [1.29, 1.82) is 0 Å². The number of aliphatic hydroxyl groups is 1. The Bertz CT molecular complexity index is 171. The lowest BCUT2D eigenvalue weighted by Crippen LogP contribution is -2.54. The molecule has 1 aliphatic rings. The van der Waals surface area contributed by atoms with Gasteiger partial charge in [-0.3, -0.25) is 4.79 Å². The molecule has 0 aromatic rings. The van der Waals surface area contributed by atoms with Gasteiger partial charge >= 0.3 is 0 Å². The third kappa shape index (κ3) is 1.78. The molecule has 1 N–H and O–H groups in total. The topological polar surface area (TPSA) is 40.5 Å². The molecule has 1 aliphatic heterocycles. The Morgan fingerprint density at radius 1 is 1.42 bits per heavy atom. The Morgan fingerprint density at radius 2 is 1.92 bits per heavy atom. The van der Waals surface area contributed by atoms with Crippen LogP contribution in [0.2, 0.25) is 0 Å². The molecule has 3 heteroatoms. The fraction of sp³-hybridized carbons (Fsp3) is 0.889. The number of nitrogens with zero attached hydrogens (tertiary/aromatic N) is 1. The number of aliphatic hydroxyl groups excluding tert-OH is 1. The van der Waals surface area contributed by atoms with Crippen molar-refractivity contribution >= 4 is 5.91 Å². The summed E-state index contributed by atoms with van der Waals surface area (Å²) in [4.78, 5) is 12.9. The average Bonchev–Trinajstić information content (AvgIpc) is 1.82. The molecule has 0 saturated carbocycles. The average molecular weight is 171 g/mol. The van der Waals surface area contributed by atoms with Crippen molar-refractivity contribution in [3.05, 3.63) is 0 Å². The normalized spacial score (nSPS) is 20.9. The van der Waals surface area contributed by atoms with E-state index in [4.69, 9.17) is 5.11 Å². The molecule has 0 aliphatic carbocycles. The van der Waals surface area contributed by atoms with Crippen LogP contribution in [-0.4, -0.2) is 35.1 Å². The molecular weight excluding hydrogens is 154 g/mol. The fourth-order valence-corrected chi connectivity index (χ4v) is 1.38. The summed E-state index contributed by atoms with van der Waals surface area (Å²) in [5.74, 6) is 1.14. The standard InChI is InChI=1S/C9H17NO2/c1-6(2)8-4-10(5-8)9(12)7(3)11/h6-8,11H,4-5H2,1-3H3/t7-/m0/s1. The van der Waals surface area contributed by atoms with Crippen molar-refractivity contribution in [3.8, 4) is 0 Å². The highest BCUT2D eigenvalue weighted by molar-refractivity contribution is 5.80. The SMILES string of the molecule is CC(C)C1CN(C(=O)[C@H](C)O)C1. The monoisotopic (exact) mass is 171 g/mol. The maximum Gasteiger partial charge on any atom is 0.251 e. The van der Waals surface area contributed by atoms with Gasteiger partial charge in [0.05, 0.1) is 0 Å². The van der Waals surface area contributed by atoms with Crippen molar-refractivity contribution in [2.45, 2.75) is 26.9 Å². The zero-order chi connectivity index (χ0) is 9.30. The first-order valence-electron chi connectivity index (χ1n) is 4.49. The summed E-state index contributed by atoms with van der Waals surface area (Å²) in [5.41, 5.74) is 0. The van der Waals surface area contributed by atoms with Crippen LogP contribution in [-0.2, 0) is 4.79 Å². The van der Waals surface area contributed by atoms with Crippen LogP contribution >= 0.6 is 0 Å². The van der Waals surface area contributed by atoms with E-state index in [1.807, 2.05) is 0 Å². The Hall–Kier alpha value is -0.570. The number of hydrogen-bond acceptors (Lipinski definition) is 2. The molecule has 1 rings (SSSR count). The molecule has 1 amide bonds. The highest BCUT2D eigenvalue weighted by atomic mass is 16.3. The van der Waals surface area contributed by atoms with E-state index in [0.29, 0.717) is 11.8 Å². The summed E-state index contributed by atoms with van der Waals surface area (Å²) in [7, 11) is 0. The predicted molar refractivity (Wildman–Crippen MR) is 46.6 cm³/mol. The number of hydrogen-bond donors (Lipinski definition) is 1. The summed E-state index contributed by atoms with van der Waals surface area (Å²) in [6, 6.07) is 0. The van der Waals surface area contributed by atoms with Gasteiger partial charge in [-0.2, -0.15) is 0 Å². The van der Waals surface area contributed by atoms with Crippen LogP contribution in [0.15, 0.2) is 0 Å². The predicted octanol–water partition coefficient (Wildman–Crippen LogP) is 0.482. The highest BCUT2D eigenvalue weighted by Gasteiger charge is 2.33. The quantitative estimate of drug-likeness (QED) is 0.656. The number of amides is 1. The number of likely N-dealkylation sites (tertiary alicyclic amines) is 1. The summed E-state index contributed by atoms with van der Waals surface area (Å²) in [6.45, 7) is 7.48. The maximum absolute atomic E-state index is 11.2. The number of carbonyl (C=O) groups is 1. The minimum absolute atomic E-state index is 0.132. The first-order valence-corrected chi connectivity index (χ1v) is 4.49. The smallest absolute Gasteiger partial charge is 0.251 e. The second kappa shape index (κ2) is 3.44. The summed E-state index contributed by atoms with van der Waals surface area (Å²) in [5, 5.41) is 8.99. The molecule has 1 heterocycles. The van der Waals surface area contributed by atoms with Crippen LogP contribution in [0, 0.1) is 11.8 Å². The zero-order valence-corrected chi connectivity index (χ0v) is 7.95. The molecule has 0 bridgehead atoms. The van der Waals surface area contributed by atoms with Gasteiger partial charge in [0.1, 0.15) is 6.10 Å². The van der Waals surface area contributed by atoms with Gasteiger partial charge in [0.2, 0.25) is 0 Å². The summed E-state index contributed by atoms with van der Waals surface area (Å²) < 4.78 is 0. The molecule has 0 radical (unpaired) electrons. The van der Waals surface area contributed by atoms with Gasteiger partial charge in [0.15, 0.2) is 0 Å². The zero-order valence-electron chi connectivity index (χ0n) is 7.95. The highest BCUT2D eigenvalue weighted by Crippen LogP contribution is 2.23. The van der Waals surface area contributed by atoms with Crippen LogP contribution in [0.1, 0.15) is 20.8 Å². The third-order valence-electron chi connectivity index (χ3n) is 2.52. The lowest BCUT2D eigenvalue weighted by atomic mass is 9.88. The Kier molecular flexibility index (Phi) is 2.73. The second-order valence-corrected chi connectivity index (χ2v) is 3.92. The third-order valence-corrected chi connectivity index (χ3v) is 2.52. The van der Waals surface area contributed by atoms with Crippen molar-refractivity contribution in [2.75, 3.05) is 13.1 Å². The second-order valence-electron chi connectivity index (χ2n) is 3.92. The van der Waals surface area contributed by atoms with E-state index in [9.17, 15) is 4.79 Å². The van der Waals surface area contributed by atoms with E-state index in [2.05, 4.69) is 13.8 Å². The van der Waals surface area contributed by atoms with Gasteiger partial charge < -0.3 is 10.0 Å². The van der Waals surface area contributed by atoms with E-state index in [0.717, 1.165) is 13.1 Å². The van der Waals surface area contributed by atoms with Gasteiger partial charge in [-0.05, 0) is 18.8 Å². The molecule has 0 spiro atoms. The van der Waals surface area contributed by atoms with Crippen molar-refractivity contribution < 1.29 is 9.90 Å². The Balaban J connectivity index is 2.30. The van der Waals surface area contributed by atoms with E-state index in [-0.39, 0.29) is 5.91 Å². The molecule has 0 aromatic carbocycles. The lowest BCUT2D eigenvalue weighted by Gasteiger charge is -2.42.